The van der Waals surface area contributed by atoms with Crippen molar-refractivity contribution in [3.05, 3.63) is 28.8 Å². The molecule has 0 atom stereocenters. The summed E-state index contributed by atoms with van der Waals surface area (Å²) in [5.41, 5.74) is 0.316. The van der Waals surface area contributed by atoms with Gasteiger partial charge in [-0.05, 0) is 25.1 Å². The monoisotopic (exact) mass is 397 g/mol. The first kappa shape index (κ1) is 20.5. The normalized spacial score (nSPS) is 13.7. The molecule has 0 saturated carbocycles. The van der Waals surface area contributed by atoms with E-state index in [-0.39, 0.29) is 49.1 Å². The summed E-state index contributed by atoms with van der Waals surface area (Å²) in [5.74, 6) is -2.23. The van der Waals surface area contributed by atoms with E-state index in [0.717, 1.165) is 0 Å². The van der Waals surface area contributed by atoms with E-state index in [1.54, 1.807) is 6.92 Å². The van der Waals surface area contributed by atoms with Crippen molar-refractivity contribution < 1.29 is 28.7 Å². The van der Waals surface area contributed by atoms with Crippen LogP contribution < -0.4 is 5.32 Å². The van der Waals surface area contributed by atoms with Gasteiger partial charge >= 0.3 is 23.9 Å². The summed E-state index contributed by atoms with van der Waals surface area (Å²) in [7, 11) is 1.23. The Balaban J connectivity index is 1.98. The molecule has 9 nitrogen and oxygen atoms in total. The molecule has 0 aromatic heterocycles. The Labute approximate surface area is 161 Å². The van der Waals surface area contributed by atoms with Crippen molar-refractivity contribution in [2.45, 2.75) is 6.92 Å². The first-order valence-electron chi connectivity index (χ1n) is 8.27. The smallest absolute Gasteiger partial charge is 0.409 e. The summed E-state index contributed by atoms with van der Waals surface area (Å²) in [5, 5.41) is 2.58. The number of esters is 1. The second-order valence-corrected chi connectivity index (χ2v) is 6.03. The van der Waals surface area contributed by atoms with Crippen LogP contribution in [0, 0.1) is 0 Å². The van der Waals surface area contributed by atoms with Crippen LogP contribution in [-0.2, 0) is 19.1 Å². The average molecular weight is 398 g/mol. The van der Waals surface area contributed by atoms with Crippen LogP contribution in [0.3, 0.4) is 0 Å². The number of halogens is 1. The number of hydrogen-bond donors (Lipinski definition) is 1. The molecular formula is C17H20ClN3O6. The lowest BCUT2D eigenvalue weighted by Gasteiger charge is -2.33. The summed E-state index contributed by atoms with van der Waals surface area (Å²) in [6, 6.07) is 4.20. The van der Waals surface area contributed by atoms with E-state index >= 15 is 0 Å². The second kappa shape index (κ2) is 9.22. The molecule has 1 fully saturated rings. The minimum atomic E-state index is -0.886. The van der Waals surface area contributed by atoms with Gasteiger partial charge in [0.15, 0.2) is 0 Å². The summed E-state index contributed by atoms with van der Waals surface area (Å²) < 4.78 is 9.52. The van der Waals surface area contributed by atoms with E-state index in [1.807, 2.05) is 0 Å². The molecule has 1 saturated heterocycles. The van der Waals surface area contributed by atoms with Crippen LogP contribution in [0.1, 0.15) is 17.3 Å². The molecule has 10 heteroatoms. The van der Waals surface area contributed by atoms with Gasteiger partial charge < -0.3 is 24.6 Å². The van der Waals surface area contributed by atoms with Crippen molar-refractivity contribution in [3.63, 3.8) is 0 Å². The molecule has 1 heterocycles. The van der Waals surface area contributed by atoms with Crippen molar-refractivity contribution in [2.24, 2.45) is 0 Å². The second-order valence-electron chi connectivity index (χ2n) is 5.62. The highest BCUT2D eigenvalue weighted by Gasteiger charge is 2.28. The largest absolute Gasteiger partial charge is 0.465 e. The lowest BCUT2D eigenvalue weighted by Crippen LogP contribution is -2.53. The van der Waals surface area contributed by atoms with Crippen molar-refractivity contribution in [1.82, 2.24) is 9.80 Å². The van der Waals surface area contributed by atoms with Gasteiger partial charge in [0.2, 0.25) is 0 Å². The zero-order chi connectivity index (χ0) is 20.0. The number of methoxy groups -OCH3 is 1. The number of ether oxygens (including phenoxy) is 2. The highest BCUT2D eigenvalue weighted by atomic mass is 35.5. The Bertz CT molecular complexity index is 746. The molecule has 0 radical (unpaired) electrons. The average Bonchev–Trinajstić information content (AvgIpc) is 2.68. The Hall–Kier alpha value is -2.81. The fourth-order valence-electron chi connectivity index (χ4n) is 2.49. The molecule has 1 aromatic rings. The Morgan fingerprint density at radius 2 is 1.74 bits per heavy atom. The van der Waals surface area contributed by atoms with Gasteiger partial charge in [-0.3, -0.25) is 9.59 Å². The number of amides is 3. The van der Waals surface area contributed by atoms with E-state index in [9.17, 15) is 19.2 Å². The molecule has 1 N–H and O–H groups in total. The highest BCUT2D eigenvalue weighted by Crippen LogP contribution is 2.23. The highest BCUT2D eigenvalue weighted by molar-refractivity contribution is 6.41. The Morgan fingerprint density at radius 1 is 1.11 bits per heavy atom. The number of carbonyl (C=O) groups is 4. The molecule has 0 unspecified atom stereocenters. The molecule has 1 aliphatic rings. The van der Waals surface area contributed by atoms with Gasteiger partial charge in [0.25, 0.3) is 0 Å². The Morgan fingerprint density at radius 3 is 2.33 bits per heavy atom. The minimum absolute atomic E-state index is 0.128. The number of rotatable bonds is 3. The number of carbonyl (C=O) groups excluding carboxylic acids is 4. The summed E-state index contributed by atoms with van der Waals surface area (Å²) >= 11 is 6.01. The maximum Gasteiger partial charge on any atom is 0.409 e. The van der Waals surface area contributed by atoms with Crippen molar-refractivity contribution in [3.8, 4) is 0 Å². The molecule has 1 aliphatic heterocycles. The molecule has 1 aromatic carbocycles. The van der Waals surface area contributed by atoms with Gasteiger partial charge in [-0.1, -0.05) is 11.6 Å². The predicted molar refractivity (Wildman–Crippen MR) is 96.6 cm³/mol. The first-order valence-corrected chi connectivity index (χ1v) is 8.65. The van der Waals surface area contributed by atoms with Crippen LogP contribution >= 0.6 is 11.6 Å². The van der Waals surface area contributed by atoms with Crippen LogP contribution in [0.2, 0.25) is 5.02 Å². The quantitative estimate of drug-likeness (QED) is 0.610. The number of hydrogen-bond acceptors (Lipinski definition) is 6. The van der Waals surface area contributed by atoms with Crippen LogP contribution in [0.5, 0.6) is 0 Å². The number of piperazine rings is 1. The lowest BCUT2D eigenvalue weighted by molar-refractivity contribution is -0.144. The SMILES string of the molecule is CCOC(=O)N1CCN(C(=O)C(=O)Nc2cc(C(=O)OC)ccc2Cl)CC1. The van der Waals surface area contributed by atoms with Gasteiger partial charge in [-0.2, -0.15) is 0 Å². The van der Waals surface area contributed by atoms with Crippen molar-refractivity contribution in [2.75, 3.05) is 45.2 Å². The molecule has 3 amide bonds. The number of anilines is 1. The standard InChI is InChI=1S/C17H20ClN3O6/c1-3-27-17(25)21-8-6-20(7-9-21)15(23)14(22)19-13-10-11(16(24)26-2)4-5-12(13)18/h4-5,10H,3,6-9H2,1-2H3,(H,19,22). The third kappa shape index (κ3) is 5.10. The van der Waals surface area contributed by atoms with Gasteiger partial charge in [0.1, 0.15) is 0 Å². The number of benzene rings is 1. The van der Waals surface area contributed by atoms with Gasteiger partial charge in [0, 0.05) is 26.2 Å². The minimum Gasteiger partial charge on any atom is -0.465 e. The van der Waals surface area contributed by atoms with Gasteiger partial charge in [-0.25, -0.2) is 9.59 Å². The molecule has 146 valence electrons. The molecule has 0 spiro atoms. The molecule has 0 bridgehead atoms. The van der Waals surface area contributed by atoms with E-state index < -0.39 is 23.9 Å². The fraction of sp³-hybridized carbons (Fsp3) is 0.412. The van der Waals surface area contributed by atoms with Crippen LogP contribution in [0.4, 0.5) is 10.5 Å². The topological polar surface area (TPSA) is 105 Å². The van der Waals surface area contributed by atoms with Crippen LogP contribution in [0.15, 0.2) is 18.2 Å². The fourth-order valence-corrected chi connectivity index (χ4v) is 2.66. The zero-order valence-corrected chi connectivity index (χ0v) is 15.7. The van der Waals surface area contributed by atoms with E-state index in [2.05, 4.69) is 10.1 Å². The van der Waals surface area contributed by atoms with Gasteiger partial charge in [-0.15, -0.1) is 0 Å². The maximum atomic E-state index is 12.3. The molecule has 0 aliphatic carbocycles. The van der Waals surface area contributed by atoms with Crippen molar-refractivity contribution >= 4 is 41.2 Å². The van der Waals surface area contributed by atoms with E-state index in [0.29, 0.717) is 0 Å². The van der Waals surface area contributed by atoms with Crippen molar-refractivity contribution in [1.29, 1.82) is 0 Å². The van der Waals surface area contributed by atoms with E-state index in [4.69, 9.17) is 16.3 Å². The zero-order valence-electron chi connectivity index (χ0n) is 15.0. The number of nitrogens with one attached hydrogen (secondary N) is 1. The summed E-state index contributed by atoms with van der Waals surface area (Å²) in [6.45, 7) is 2.95. The molecular weight excluding hydrogens is 378 g/mol. The summed E-state index contributed by atoms with van der Waals surface area (Å²) in [6.07, 6.45) is -0.444. The third-order valence-corrected chi connectivity index (χ3v) is 4.25. The lowest BCUT2D eigenvalue weighted by atomic mass is 10.2. The molecule has 2 rings (SSSR count). The van der Waals surface area contributed by atoms with Gasteiger partial charge in [0.05, 0.1) is 30.0 Å². The molecule has 27 heavy (non-hydrogen) atoms. The maximum absolute atomic E-state index is 12.3. The summed E-state index contributed by atoms with van der Waals surface area (Å²) in [4.78, 5) is 50.6. The number of nitrogens with zero attached hydrogens (tertiary/aromatic N) is 2. The van der Waals surface area contributed by atoms with E-state index in [1.165, 1.54) is 35.1 Å². The Kier molecular flexibility index (Phi) is 7.00. The van der Waals surface area contributed by atoms with Crippen LogP contribution in [0.25, 0.3) is 0 Å². The third-order valence-electron chi connectivity index (χ3n) is 3.92. The first-order chi connectivity index (χ1) is 12.9. The predicted octanol–water partition coefficient (Wildman–Crippen LogP) is 1.37. The van der Waals surface area contributed by atoms with Crippen LogP contribution in [-0.4, -0.2) is 73.6 Å².